The Kier molecular flexibility index (Phi) is 1.86. The zero-order valence-corrected chi connectivity index (χ0v) is 7.58. The quantitative estimate of drug-likeness (QED) is 0.529. The second-order valence-corrected chi connectivity index (χ2v) is 2.98. The van der Waals surface area contributed by atoms with Gasteiger partial charge in [0.15, 0.2) is 4.77 Å². The summed E-state index contributed by atoms with van der Waals surface area (Å²) >= 11 is 4.93. The van der Waals surface area contributed by atoms with Gasteiger partial charge < -0.3 is 10.8 Å². The van der Waals surface area contributed by atoms with E-state index in [0.29, 0.717) is 4.77 Å². The highest BCUT2D eigenvalue weighted by molar-refractivity contribution is 7.71. The lowest BCUT2D eigenvalue weighted by Crippen LogP contribution is -2.05. The predicted molar refractivity (Wildman–Crippen MR) is 53.0 cm³/mol. The van der Waals surface area contributed by atoms with Crippen LogP contribution in [-0.4, -0.2) is 14.6 Å². The Hall–Kier alpha value is -1.62. The fraction of sp³-hybridized carbons (Fsp3) is 0. The molecule has 0 fully saturated rings. The van der Waals surface area contributed by atoms with Crippen molar-refractivity contribution in [2.45, 2.75) is 0 Å². The number of pyridine rings is 1. The number of nitrogens with one attached hydrogen (secondary N) is 1. The van der Waals surface area contributed by atoms with Crippen molar-refractivity contribution in [3.63, 3.8) is 0 Å². The van der Waals surface area contributed by atoms with E-state index < -0.39 is 0 Å². The number of aromatic amines is 1. The zero-order chi connectivity index (χ0) is 9.26. The summed E-state index contributed by atoms with van der Waals surface area (Å²) in [7, 11) is 0. The summed E-state index contributed by atoms with van der Waals surface area (Å²) in [4.78, 5) is 7.11. The monoisotopic (exact) mass is 192 g/mol. The summed E-state index contributed by atoms with van der Waals surface area (Å²) in [6, 6.07) is 5.66. The summed E-state index contributed by atoms with van der Waals surface area (Å²) in [5.74, 6) is 5.53. The molecule has 13 heavy (non-hydrogen) atoms. The summed E-state index contributed by atoms with van der Waals surface area (Å²) in [6.45, 7) is 0. The first-order chi connectivity index (χ1) is 6.27. The van der Waals surface area contributed by atoms with Gasteiger partial charge in [0.1, 0.15) is 0 Å². The second kappa shape index (κ2) is 3.02. The van der Waals surface area contributed by atoms with Crippen molar-refractivity contribution in [3.8, 4) is 11.4 Å². The topological polar surface area (TPSA) is 59.6 Å². The summed E-state index contributed by atoms with van der Waals surface area (Å²) in [5.41, 5.74) is 1.66. The van der Waals surface area contributed by atoms with Crippen LogP contribution in [0.5, 0.6) is 0 Å². The van der Waals surface area contributed by atoms with Crippen molar-refractivity contribution < 1.29 is 0 Å². The van der Waals surface area contributed by atoms with Gasteiger partial charge in [0.25, 0.3) is 0 Å². The van der Waals surface area contributed by atoms with Gasteiger partial charge in [-0.2, -0.15) is 0 Å². The van der Waals surface area contributed by atoms with Crippen molar-refractivity contribution in [2.75, 3.05) is 5.84 Å². The third kappa shape index (κ3) is 1.46. The van der Waals surface area contributed by atoms with Gasteiger partial charge in [-0.3, -0.25) is 4.98 Å². The number of imidazole rings is 1. The minimum Gasteiger partial charge on any atom is -0.337 e. The zero-order valence-electron chi connectivity index (χ0n) is 6.77. The molecule has 0 aromatic carbocycles. The Morgan fingerprint density at radius 3 is 2.85 bits per heavy atom. The molecule has 0 aliphatic rings. The molecule has 4 nitrogen and oxygen atoms in total. The van der Waals surface area contributed by atoms with E-state index in [2.05, 4.69) is 9.97 Å². The molecule has 2 aromatic heterocycles. The Bertz CT molecular complexity index is 456. The number of hydrogen-bond donors (Lipinski definition) is 2. The Labute approximate surface area is 80.0 Å². The smallest absolute Gasteiger partial charge is 0.196 e. The molecule has 0 spiro atoms. The van der Waals surface area contributed by atoms with Crippen LogP contribution >= 0.6 is 12.2 Å². The van der Waals surface area contributed by atoms with E-state index in [1.54, 1.807) is 12.4 Å². The lowest BCUT2D eigenvalue weighted by molar-refractivity contribution is 0.977. The second-order valence-electron chi connectivity index (χ2n) is 2.60. The average Bonchev–Trinajstić information content (AvgIpc) is 2.49. The first kappa shape index (κ1) is 8.00. The van der Waals surface area contributed by atoms with E-state index in [-0.39, 0.29) is 0 Å². The molecule has 0 aliphatic heterocycles. The SMILES string of the molecule is Nn1cc(-c2ccccn2)[nH]c1=S. The lowest BCUT2D eigenvalue weighted by atomic mass is 10.3. The van der Waals surface area contributed by atoms with E-state index in [4.69, 9.17) is 18.1 Å². The molecule has 0 radical (unpaired) electrons. The number of nitrogens with zero attached hydrogens (tertiary/aromatic N) is 2. The van der Waals surface area contributed by atoms with Crippen LogP contribution in [0.1, 0.15) is 0 Å². The van der Waals surface area contributed by atoms with Crippen LogP contribution in [-0.2, 0) is 0 Å². The maximum Gasteiger partial charge on any atom is 0.196 e. The van der Waals surface area contributed by atoms with Gasteiger partial charge in [-0.1, -0.05) is 6.07 Å². The molecular weight excluding hydrogens is 184 g/mol. The van der Waals surface area contributed by atoms with Crippen LogP contribution in [0.15, 0.2) is 30.6 Å². The molecule has 0 unspecified atom stereocenters. The number of H-pyrrole nitrogens is 1. The maximum absolute atomic E-state index is 5.53. The highest BCUT2D eigenvalue weighted by Crippen LogP contribution is 2.12. The number of nitrogens with two attached hydrogens (primary N) is 1. The Morgan fingerprint density at radius 2 is 2.31 bits per heavy atom. The number of rotatable bonds is 1. The molecule has 0 amide bonds. The average molecular weight is 192 g/mol. The maximum atomic E-state index is 5.53. The van der Waals surface area contributed by atoms with Gasteiger partial charge in [0, 0.05) is 6.20 Å². The van der Waals surface area contributed by atoms with Crippen molar-refractivity contribution in [1.82, 2.24) is 14.6 Å². The highest BCUT2D eigenvalue weighted by Gasteiger charge is 2.00. The molecular formula is C8H8N4S. The molecule has 0 bridgehead atoms. The molecule has 3 N–H and O–H groups in total. The molecule has 0 saturated carbocycles. The van der Waals surface area contributed by atoms with Crippen LogP contribution in [0.2, 0.25) is 0 Å². The minimum atomic E-state index is 0.487. The third-order valence-corrected chi connectivity index (χ3v) is 2.00. The van der Waals surface area contributed by atoms with Gasteiger partial charge >= 0.3 is 0 Å². The molecule has 5 heteroatoms. The first-order valence-corrected chi connectivity index (χ1v) is 4.16. The minimum absolute atomic E-state index is 0.487. The van der Waals surface area contributed by atoms with Crippen LogP contribution in [0.4, 0.5) is 0 Å². The van der Waals surface area contributed by atoms with Crippen LogP contribution < -0.4 is 5.84 Å². The van der Waals surface area contributed by atoms with Gasteiger partial charge in [0.05, 0.1) is 17.6 Å². The molecule has 66 valence electrons. The first-order valence-electron chi connectivity index (χ1n) is 3.75. The molecule has 0 atom stereocenters. The van der Waals surface area contributed by atoms with Gasteiger partial charge in [-0.25, -0.2) is 4.68 Å². The molecule has 0 aliphatic carbocycles. The molecule has 2 rings (SSSR count). The van der Waals surface area contributed by atoms with Crippen molar-refractivity contribution in [2.24, 2.45) is 0 Å². The van der Waals surface area contributed by atoms with E-state index >= 15 is 0 Å². The van der Waals surface area contributed by atoms with Gasteiger partial charge in [0.2, 0.25) is 0 Å². The highest BCUT2D eigenvalue weighted by atomic mass is 32.1. The number of hydrogen-bond acceptors (Lipinski definition) is 3. The summed E-state index contributed by atoms with van der Waals surface area (Å²) in [6.07, 6.45) is 3.44. The standard InChI is InChI=1S/C8H8N4S/c9-12-5-7(11-8(12)13)6-3-1-2-4-10-6/h1-5H,9H2,(H,11,13). The molecule has 2 aromatic rings. The number of aromatic nitrogens is 3. The lowest BCUT2D eigenvalue weighted by Gasteiger charge is -1.92. The summed E-state index contributed by atoms with van der Waals surface area (Å²) < 4.78 is 1.85. The van der Waals surface area contributed by atoms with Crippen LogP contribution in [0.3, 0.4) is 0 Å². The fourth-order valence-electron chi connectivity index (χ4n) is 1.06. The van der Waals surface area contributed by atoms with Crippen molar-refractivity contribution >= 4 is 12.2 Å². The predicted octanol–water partition coefficient (Wildman–Crippen LogP) is 1.32. The van der Waals surface area contributed by atoms with Crippen molar-refractivity contribution in [1.29, 1.82) is 0 Å². The van der Waals surface area contributed by atoms with E-state index in [1.165, 1.54) is 4.68 Å². The molecule has 0 saturated heterocycles. The van der Waals surface area contributed by atoms with Gasteiger partial charge in [-0.05, 0) is 24.4 Å². The Balaban J connectivity index is 2.54. The van der Waals surface area contributed by atoms with E-state index in [1.807, 2.05) is 18.2 Å². The van der Waals surface area contributed by atoms with Crippen molar-refractivity contribution in [3.05, 3.63) is 35.4 Å². The van der Waals surface area contributed by atoms with Crippen LogP contribution in [0, 0.1) is 4.77 Å². The third-order valence-electron chi connectivity index (χ3n) is 1.69. The largest absolute Gasteiger partial charge is 0.337 e. The molecule has 2 heterocycles. The van der Waals surface area contributed by atoms with E-state index in [9.17, 15) is 0 Å². The van der Waals surface area contributed by atoms with Gasteiger partial charge in [-0.15, -0.1) is 0 Å². The van der Waals surface area contributed by atoms with E-state index in [0.717, 1.165) is 11.4 Å². The summed E-state index contributed by atoms with van der Waals surface area (Å²) in [5, 5.41) is 0. The van der Waals surface area contributed by atoms with Crippen LogP contribution in [0.25, 0.3) is 11.4 Å². The fourth-order valence-corrected chi connectivity index (χ4v) is 1.22. The number of nitrogen functional groups attached to an aromatic ring is 1. The Morgan fingerprint density at radius 1 is 1.46 bits per heavy atom. The normalized spacial score (nSPS) is 10.2.